The van der Waals surface area contributed by atoms with Crippen molar-refractivity contribution < 1.29 is 5.11 Å². The van der Waals surface area contributed by atoms with Crippen molar-refractivity contribution in [1.29, 1.82) is 0 Å². The first-order valence-corrected chi connectivity index (χ1v) is 7.04. The zero-order valence-corrected chi connectivity index (χ0v) is 11.9. The van der Waals surface area contributed by atoms with Gasteiger partial charge in [0, 0.05) is 20.4 Å². The van der Waals surface area contributed by atoms with Crippen molar-refractivity contribution in [3.8, 4) is 0 Å². The van der Waals surface area contributed by atoms with Crippen LogP contribution in [0.15, 0.2) is 40.2 Å². The van der Waals surface area contributed by atoms with Gasteiger partial charge in [0.2, 0.25) is 0 Å². The second kappa shape index (κ2) is 5.67. The summed E-state index contributed by atoms with van der Waals surface area (Å²) in [6, 6.07) is 10.1. The van der Waals surface area contributed by atoms with Gasteiger partial charge in [-0.25, -0.2) is 0 Å². The van der Waals surface area contributed by atoms with Crippen LogP contribution in [0.2, 0.25) is 0 Å². The second-order valence-corrected chi connectivity index (χ2v) is 5.77. The molecule has 0 aliphatic heterocycles. The van der Waals surface area contributed by atoms with Gasteiger partial charge in [-0.05, 0) is 46.6 Å². The molecule has 1 aromatic carbocycles. The Morgan fingerprint density at radius 1 is 1.41 bits per heavy atom. The van der Waals surface area contributed by atoms with Crippen molar-refractivity contribution in [1.82, 2.24) is 0 Å². The maximum Gasteiger partial charge on any atom is 0.0838 e. The minimum absolute atomic E-state index is 0.0481. The summed E-state index contributed by atoms with van der Waals surface area (Å²) in [5.41, 5.74) is 2.24. The molecule has 1 heterocycles. The topological polar surface area (TPSA) is 32.3 Å². The molecule has 0 saturated heterocycles. The van der Waals surface area contributed by atoms with E-state index in [9.17, 15) is 5.11 Å². The molecule has 2 nitrogen and oxygen atoms in total. The molecule has 0 amide bonds. The van der Waals surface area contributed by atoms with Crippen molar-refractivity contribution in [3.05, 3.63) is 50.6 Å². The van der Waals surface area contributed by atoms with Gasteiger partial charge in [0.1, 0.15) is 0 Å². The zero-order chi connectivity index (χ0) is 12.3. The van der Waals surface area contributed by atoms with E-state index in [0.29, 0.717) is 0 Å². The molecule has 2 rings (SSSR count). The molecule has 0 aliphatic carbocycles. The number of aliphatic hydroxyl groups is 1. The highest BCUT2D eigenvalue weighted by Crippen LogP contribution is 2.28. The zero-order valence-electron chi connectivity index (χ0n) is 9.48. The molecule has 0 aliphatic rings. The Morgan fingerprint density at radius 2 is 2.24 bits per heavy atom. The predicted molar refractivity (Wildman–Crippen MR) is 76.6 cm³/mol. The maximum atomic E-state index is 9.45. The third kappa shape index (κ3) is 3.31. The van der Waals surface area contributed by atoms with E-state index in [1.807, 2.05) is 23.6 Å². The average Bonchev–Trinajstić information content (AvgIpc) is 2.73. The van der Waals surface area contributed by atoms with Gasteiger partial charge in [-0.2, -0.15) is 0 Å². The van der Waals surface area contributed by atoms with E-state index in [-0.39, 0.29) is 12.6 Å². The molecule has 17 heavy (non-hydrogen) atoms. The summed E-state index contributed by atoms with van der Waals surface area (Å²) in [6.07, 6.45) is 0. The van der Waals surface area contributed by atoms with Crippen molar-refractivity contribution in [2.75, 3.05) is 11.9 Å². The molecule has 4 heteroatoms. The van der Waals surface area contributed by atoms with Crippen LogP contribution in [0.4, 0.5) is 5.69 Å². The van der Waals surface area contributed by atoms with E-state index in [0.717, 1.165) is 15.0 Å². The molecule has 1 atom stereocenters. The number of aryl methyl sites for hydroxylation is 1. The van der Waals surface area contributed by atoms with Crippen molar-refractivity contribution in [2.45, 2.75) is 13.0 Å². The summed E-state index contributed by atoms with van der Waals surface area (Å²) in [6.45, 7) is 2.14. The number of benzene rings is 1. The van der Waals surface area contributed by atoms with E-state index in [1.165, 1.54) is 5.56 Å². The molecule has 0 bridgehead atoms. The molecule has 1 unspecified atom stereocenters. The highest BCUT2D eigenvalue weighted by atomic mass is 79.9. The third-order valence-corrected chi connectivity index (χ3v) is 4.28. The van der Waals surface area contributed by atoms with Crippen molar-refractivity contribution in [2.24, 2.45) is 0 Å². The second-order valence-electron chi connectivity index (χ2n) is 3.92. The fraction of sp³-hybridized carbons (Fsp3) is 0.231. The molecule has 2 N–H and O–H groups in total. The molecule has 1 aromatic heterocycles. The summed E-state index contributed by atoms with van der Waals surface area (Å²) in [5, 5.41) is 14.8. The number of halogens is 1. The fourth-order valence-electron chi connectivity index (χ4n) is 1.65. The Kier molecular flexibility index (Phi) is 4.20. The number of aliphatic hydroxyl groups excluding tert-OH is 1. The lowest BCUT2D eigenvalue weighted by molar-refractivity contribution is 0.277. The van der Waals surface area contributed by atoms with E-state index in [2.05, 4.69) is 40.3 Å². The molecule has 90 valence electrons. The Balaban J connectivity index is 2.15. The van der Waals surface area contributed by atoms with Gasteiger partial charge in [-0.1, -0.05) is 12.1 Å². The minimum atomic E-state index is -0.0481. The van der Waals surface area contributed by atoms with Crippen LogP contribution in [-0.2, 0) is 0 Å². The van der Waals surface area contributed by atoms with Crippen LogP contribution >= 0.6 is 27.3 Å². The normalized spacial score (nSPS) is 12.4. The standard InChI is InChI=1S/C13H14BrNOS/c1-9-3-2-4-11(5-9)15-12(7-16)13-6-10(14)8-17-13/h2-6,8,12,15-16H,7H2,1H3. The van der Waals surface area contributed by atoms with Crippen LogP contribution in [0.5, 0.6) is 0 Å². The monoisotopic (exact) mass is 311 g/mol. The Hall–Kier alpha value is -0.840. The number of hydrogen-bond acceptors (Lipinski definition) is 3. The Labute approximate surface area is 113 Å². The van der Waals surface area contributed by atoms with E-state index in [4.69, 9.17) is 0 Å². The lowest BCUT2D eigenvalue weighted by atomic mass is 10.2. The highest BCUT2D eigenvalue weighted by Gasteiger charge is 2.12. The van der Waals surface area contributed by atoms with Crippen LogP contribution in [0.1, 0.15) is 16.5 Å². The lowest BCUT2D eigenvalue weighted by Crippen LogP contribution is -2.13. The Bertz CT molecular complexity index is 498. The fourth-order valence-corrected chi connectivity index (χ4v) is 3.14. The molecular weight excluding hydrogens is 298 g/mol. The summed E-state index contributed by atoms with van der Waals surface area (Å²) in [5.74, 6) is 0. The molecule has 0 saturated carbocycles. The lowest BCUT2D eigenvalue weighted by Gasteiger charge is -2.16. The summed E-state index contributed by atoms with van der Waals surface area (Å²) in [4.78, 5) is 1.13. The molecule has 0 spiro atoms. The van der Waals surface area contributed by atoms with E-state index in [1.54, 1.807) is 11.3 Å². The van der Waals surface area contributed by atoms with Crippen LogP contribution in [-0.4, -0.2) is 11.7 Å². The van der Waals surface area contributed by atoms with Crippen molar-refractivity contribution in [3.63, 3.8) is 0 Å². The Morgan fingerprint density at radius 3 is 2.82 bits per heavy atom. The highest BCUT2D eigenvalue weighted by molar-refractivity contribution is 9.10. The van der Waals surface area contributed by atoms with Crippen LogP contribution in [0, 0.1) is 6.92 Å². The summed E-state index contributed by atoms with van der Waals surface area (Å²) in [7, 11) is 0. The van der Waals surface area contributed by atoms with E-state index >= 15 is 0 Å². The van der Waals surface area contributed by atoms with Gasteiger partial charge >= 0.3 is 0 Å². The largest absolute Gasteiger partial charge is 0.394 e. The molecule has 2 aromatic rings. The van der Waals surface area contributed by atoms with Crippen molar-refractivity contribution >= 4 is 33.0 Å². The predicted octanol–water partition coefficient (Wildman–Crippen LogP) is 3.96. The van der Waals surface area contributed by atoms with Gasteiger partial charge < -0.3 is 10.4 Å². The quantitative estimate of drug-likeness (QED) is 0.895. The minimum Gasteiger partial charge on any atom is -0.394 e. The summed E-state index contributed by atoms with van der Waals surface area (Å²) < 4.78 is 1.06. The first kappa shape index (κ1) is 12.6. The number of anilines is 1. The van der Waals surface area contributed by atoms with E-state index < -0.39 is 0 Å². The number of thiophene rings is 1. The number of rotatable bonds is 4. The van der Waals surface area contributed by atoms with Gasteiger partial charge in [0.25, 0.3) is 0 Å². The maximum absolute atomic E-state index is 9.45. The SMILES string of the molecule is Cc1cccc(NC(CO)c2cc(Br)cs2)c1. The van der Waals surface area contributed by atoms with Gasteiger partial charge in [-0.3, -0.25) is 0 Å². The molecule has 0 radical (unpaired) electrons. The van der Waals surface area contributed by atoms with Gasteiger partial charge in [-0.15, -0.1) is 11.3 Å². The smallest absolute Gasteiger partial charge is 0.0838 e. The molecular formula is C13H14BrNOS. The van der Waals surface area contributed by atoms with Gasteiger partial charge in [0.15, 0.2) is 0 Å². The van der Waals surface area contributed by atoms with Gasteiger partial charge in [0.05, 0.1) is 12.6 Å². The number of hydrogen-bond donors (Lipinski definition) is 2. The first-order valence-electron chi connectivity index (χ1n) is 5.37. The summed E-state index contributed by atoms with van der Waals surface area (Å²) >= 11 is 5.06. The van der Waals surface area contributed by atoms with Crippen LogP contribution < -0.4 is 5.32 Å². The van der Waals surface area contributed by atoms with Crippen LogP contribution in [0.3, 0.4) is 0 Å². The first-order chi connectivity index (χ1) is 8.19. The number of nitrogens with one attached hydrogen (secondary N) is 1. The van der Waals surface area contributed by atoms with Crippen LogP contribution in [0.25, 0.3) is 0 Å². The molecule has 0 fully saturated rings. The third-order valence-electron chi connectivity index (χ3n) is 2.47. The average molecular weight is 312 g/mol.